The van der Waals surface area contributed by atoms with E-state index in [1.165, 1.54) is 0 Å². The van der Waals surface area contributed by atoms with Crippen molar-refractivity contribution in [2.75, 3.05) is 0 Å². The van der Waals surface area contributed by atoms with E-state index in [9.17, 15) is 9.90 Å². The molecule has 0 aliphatic heterocycles. The number of aromatic carboxylic acids is 1. The Hall–Kier alpha value is -1.95. The van der Waals surface area contributed by atoms with Crippen LogP contribution >= 0.6 is 11.8 Å². The quantitative estimate of drug-likeness (QED) is 0.855. The number of hydrogen-bond donors (Lipinski definition) is 1. The molecule has 2 rings (SSSR count). The number of carbonyl (C=O) groups is 1. The lowest BCUT2D eigenvalue weighted by molar-refractivity contribution is 0.0691. The van der Waals surface area contributed by atoms with E-state index in [1.807, 2.05) is 6.92 Å². The van der Waals surface area contributed by atoms with Crippen LogP contribution in [0.2, 0.25) is 0 Å². The first-order chi connectivity index (χ1) is 8.58. The second-order valence-electron chi connectivity index (χ2n) is 3.76. The second-order valence-corrected chi connectivity index (χ2v) is 4.71. The van der Waals surface area contributed by atoms with Gasteiger partial charge in [-0.05, 0) is 42.8 Å². The van der Waals surface area contributed by atoms with Crippen LogP contribution in [0.5, 0.6) is 0 Å². The molecular formula is C12H11N3O2S. The van der Waals surface area contributed by atoms with E-state index in [2.05, 4.69) is 15.0 Å². The molecule has 0 saturated carbocycles. The highest BCUT2D eigenvalue weighted by atomic mass is 32.2. The summed E-state index contributed by atoms with van der Waals surface area (Å²) < 4.78 is 0. The summed E-state index contributed by atoms with van der Waals surface area (Å²) in [5, 5.41) is 10.1. The van der Waals surface area contributed by atoms with Crippen molar-refractivity contribution in [1.29, 1.82) is 0 Å². The van der Waals surface area contributed by atoms with Crippen molar-refractivity contribution < 1.29 is 9.90 Å². The highest BCUT2D eigenvalue weighted by molar-refractivity contribution is 7.99. The Balaban J connectivity index is 2.37. The molecule has 2 heterocycles. The van der Waals surface area contributed by atoms with Crippen LogP contribution in [0.25, 0.3) is 0 Å². The van der Waals surface area contributed by atoms with E-state index in [0.717, 1.165) is 17.3 Å². The molecule has 2 aromatic rings. The van der Waals surface area contributed by atoms with Crippen molar-refractivity contribution in [2.45, 2.75) is 24.0 Å². The maximum absolute atomic E-state index is 11.2. The van der Waals surface area contributed by atoms with E-state index in [4.69, 9.17) is 0 Å². The van der Waals surface area contributed by atoms with Gasteiger partial charge in [-0.1, -0.05) is 0 Å². The van der Waals surface area contributed by atoms with Gasteiger partial charge in [-0.15, -0.1) is 0 Å². The van der Waals surface area contributed by atoms with E-state index >= 15 is 0 Å². The zero-order chi connectivity index (χ0) is 13.1. The summed E-state index contributed by atoms with van der Waals surface area (Å²) in [5.74, 6) is -0.991. The molecule has 0 atom stereocenters. The molecule has 18 heavy (non-hydrogen) atoms. The van der Waals surface area contributed by atoms with Crippen LogP contribution in [0.15, 0.2) is 34.8 Å². The summed E-state index contributed by atoms with van der Waals surface area (Å²) >= 11 is 1.15. The molecular weight excluding hydrogens is 250 g/mol. The van der Waals surface area contributed by atoms with Crippen LogP contribution in [0.3, 0.4) is 0 Å². The van der Waals surface area contributed by atoms with Crippen LogP contribution in [-0.2, 0) is 0 Å². The topological polar surface area (TPSA) is 76.0 Å². The smallest absolute Gasteiger partial charge is 0.338 e. The summed E-state index contributed by atoms with van der Waals surface area (Å²) in [6.45, 7) is 3.63. The van der Waals surface area contributed by atoms with Crippen LogP contribution < -0.4 is 0 Å². The maximum Gasteiger partial charge on any atom is 0.338 e. The molecule has 2 aromatic heterocycles. The van der Waals surface area contributed by atoms with Crippen molar-refractivity contribution in [2.24, 2.45) is 0 Å². The third-order valence-corrected chi connectivity index (χ3v) is 3.18. The Bertz CT molecular complexity index is 584. The van der Waals surface area contributed by atoms with E-state index in [0.29, 0.717) is 15.7 Å². The average Bonchev–Trinajstić information content (AvgIpc) is 2.32. The monoisotopic (exact) mass is 261 g/mol. The lowest BCUT2D eigenvalue weighted by Crippen LogP contribution is -2.04. The van der Waals surface area contributed by atoms with Gasteiger partial charge in [0.1, 0.15) is 5.03 Å². The van der Waals surface area contributed by atoms with Gasteiger partial charge >= 0.3 is 5.97 Å². The van der Waals surface area contributed by atoms with Crippen molar-refractivity contribution in [3.63, 3.8) is 0 Å². The molecule has 6 heteroatoms. The minimum atomic E-state index is -0.991. The summed E-state index contributed by atoms with van der Waals surface area (Å²) in [7, 11) is 0. The van der Waals surface area contributed by atoms with Gasteiger partial charge in [0.05, 0.1) is 5.56 Å². The van der Waals surface area contributed by atoms with E-state index in [1.54, 1.807) is 31.6 Å². The zero-order valence-corrected chi connectivity index (χ0v) is 10.7. The minimum Gasteiger partial charge on any atom is -0.478 e. The highest BCUT2D eigenvalue weighted by Gasteiger charge is 2.16. The Morgan fingerprint density at radius 2 is 1.89 bits per heavy atom. The van der Waals surface area contributed by atoms with Gasteiger partial charge in [0, 0.05) is 18.6 Å². The fraction of sp³-hybridized carbons (Fsp3) is 0.167. The van der Waals surface area contributed by atoms with Crippen LogP contribution in [0, 0.1) is 13.8 Å². The number of carboxylic acids is 1. The van der Waals surface area contributed by atoms with Crippen LogP contribution in [0.4, 0.5) is 0 Å². The SMILES string of the molecule is Cc1cnc(Sc2nccc(C)c2C(=O)O)nc1. The number of rotatable bonds is 3. The predicted octanol–water partition coefficient (Wildman–Crippen LogP) is 2.34. The van der Waals surface area contributed by atoms with Gasteiger partial charge < -0.3 is 5.11 Å². The molecule has 0 amide bonds. The first-order valence-corrected chi connectivity index (χ1v) is 6.05. The lowest BCUT2D eigenvalue weighted by Gasteiger charge is -2.06. The third-order valence-electron chi connectivity index (χ3n) is 2.28. The molecule has 0 aliphatic rings. The fourth-order valence-corrected chi connectivity index (χ4v) is 2.24. The lowest BCUT2D eigenvalue weighted by atomic mass is 10.2. The normalized spacial score (nSPS) is 10.3. The number of aromatic nitrogens is 3. The summed E-state index contributed by atoms with van der Waals surface area (Å²) in [5.41, 5.74) is 1.83. The molecule has 5 nitrogen and oxygen atoms in total. The zero-order valence-electron chi connectivity index (χ0n) is 9.91. The molecule has 0 unspecified atom stereocenters. The molecule has 1 N–H and O–H groups in total. The molecule has 92 valence electrons. The van der Waals surface area contributed by atoms with Crippen LogP contribution in [-0.4, -0.2) is 26.0 Å². The summed E-state index contributed by atoms with van der Waals surface area (Å²) in [6, 6.07) is 1.67. The Labute approximate surface area is 108 Å². The summed E-state index contributed by atoms with van der Waals surface area (Å²) in [6.07, 6.45) is 4.95. The standard InChI is InChI=1S/C12H11N3O2S/c1-7-5-14-12(15-6-7)18-10-9(11(16)17)8(2)3-4-13-10/h3-6H,1-2H3,(H,16,17). The van der Waals surface area contributed by atoms with Gasteiger partial charge in [-0.3, -0.25) is 0 Å². The molecule has 0 bridgehead atoms. The summed E-state index contributed by atoms with van der Waals surface area (Å²) in [4.78, 5) is 23.5. The molecule has 0 aromatic carbocycles. The molecule has 0 radical (unpaired) electrons. The van der Waals surface area contributed by atoms with Gasteiger partial charge in [0.2, 0.25) is 0 Å². The highest BCUT2D eigenvalue weighted by Crippen LogP contribution is 2.27. The van der Waals surface area contributed by atoms with Crippen molar-refractivity contribution in [1.82, 2.24) is 15.0 Å². The average molecular weight is 261 g/mol. The first-order valence-electron chi connectivity index (χ1n) is 5.23. The van der Waals surface area contributed by atoms with Crippen molar-refractivity contribution in [3.05, 3.63) is 41.3 Å². The van der Waals surface area contributed by atoms with E-state index < -0.39 is 5.97 Å². The molecule has 0 saturated heterocycles. The van der Waals surface area contributed by atoms with Crippen molar-refractivity contribution >= 4 is 17.7 Å². The molecule has 0 fully saturated rings. The Kier molecular flexibility index (Phi) is 3.57. The number of pyridine rings is 1. The van der Waals surface area contributed by atoms with Gasteiger partial charge in [-0.25, -0.2) is 19.7 Å². The number of hydrogen-bond acceptors (Lipinski definition) is 5. The largest absolute Gasteiger partial charge is 0.478 e. The van der Waals surface area contributed by atoms with Gasteiger partial charge in [-0.2, -0.15) is 0 Å². The van der Waals surface area contributed by atoms with Crippen molar-refractivity contribution in [3.8, 4) is 0 Å². The maximum atomic E-state index is 11.2. The number of carboxylic acid groups (broad SMARTS) is 1. The predicted molar refractivity (Wildman–Crippen MR) is 66.8 cm³/mol. The second kappa shape index (κ2) is 5.14. The minimum absolute atomic E-state index is 0.201. The Morgan fingerprint density at radius 3 is 2.50 bits per heavy atom. The van der Waals surface area contributed by atoms with Crippen LogP contribution in [0.1, 0.15) is 21.5 Å². The number of aryl methyl sites for hydroxylation is 2. The molecule has 0 aliphatic carbocycles. The fourth-order valence-electron chi connectivity index (χ4n) is 1.39. The number of nitrogens with zero attached hydrogens (tertiary/aromatic N) is 3. The van der Waals surface area contributed by atoms with Gasteiger partial charge in [0.15, 0.2) is 5.16 Å². The van der Waals surface area contributed by atoms with E-state index in [-0.39, 0.29) is 5.56 Å². The molecule has 0 spiro atoms. The van der Waals surface area contributed by atoms with Gasteiger partial charge in [0.25, 0.3) is 0 Å². The Morgan fingerprint density at radius 1 is 1.22 bits per heavy atom. The first kappa shape index (κ1) is 12.5. The third kappa shape index (κ3) is 2.65.